The van der Waals surface area contributed by atoms with Crippen LogP contribution in [-0.4, -0.2) is 16.1 Å². The number of halogens is 2. The van der Waals surface area contributed by atoms with Crippen molar-refractivity contribution >= 4 is 44.9 Å². The van der Waals surface area contributed by atoms with Crippen molar-refractivity contribution in [2.75, 3.05) is 5.32 Å². The summed E-state index contributed by atoms with van der Waals surface area (Å²) in [6, 6.07) is 8.92. The second kappa shape index (κ2) is 6.85. The number of hydrogen-bond donors (Lipinski definition) is 3. The molecule has 0 saturated heterocycles. The van der Waals surface area contributed by atoms with Gasteiger partial charge in [0, 0.05) is 5.69 Å². The first kappa shape index (κ1) is 16.4. The van der Waals surface area contributed by atoms with Crippen molar-refractivity contribution in [3.05, 3.63) is 57.8 Å². The molecule has 22 heavy (non-hydrogen) atoms. The first-order chi connectivity index (χ1) is 10.4. The highest BCUT2D eigenvalue weighted by Crippen LogP contribution is 2.30. The quantitative estimate of drug-likeness (QED) is 0.547. The maximum Gasteiger partial charge on any atom is 0.260 e. The third-order valence-electron chi connectivity index (χ3n) is 2.86. The molecule has 114 valence electrons. The van der Waals surface area contributed by atoms with Gasteiger partial charge < -0.3 is 10.4 Å². The number of amides is 1. The van der Waals surface area contributed by atoms with Crippen LogP contribution in [0.2, 0.25) is 0 Å². The minimum absolute atomic E-state index is 0.0326. The van der Waals surface area contributed by atoms with Crippen molar-refractivity contribution in [2.24, 2.45) is 0 Å². The minimum Gasteiger partial charge on any atom is -0.506 e. The van der Waals surface area contributed by atoms with E-state index in [2.05, 4.69) is 26.6 Å². The standard InChI is InChI=1S/C15H12BrFN2O2S/c1-8-6-9(7-11(16)13(8)20)18-15(22)19-14(21)10-4-2-3-5-12(10)17/h2-7,20H,1H3,(H2,18,19,21,22). The van der Waals surface area contributed by atoms with Crippen molar-refractivity contribution in [3.8, 4) is 5.75 Å². The topological polar surface area (TPSA) is 61.4 Å². The average Bonchev–Trinajstić information content (AvgIpc) is 2.44. The van der Waals surface area contributed by atoms with Gasteiger partial charge in [-0.05, 0) is 64.9 Å². The Morgan fingerprint density at radius 1 is 1.32 bits per heavy atom. The Hall–Kier alpha value is -1.99. The highest BCUT2D eigenvalue weighted by Gasteiger charge is 2.13. The summed E-state index contributed by atoms with van der Waals surface area (Å²) in [4.78, 5) is 11.9. The average molecular weight is 383 g/mol. The van der Waals surface area contributed by atoms with Gasteiger partial charge in [0.1, 0.15) is 11.6 Å². The van der Waals surface area contributed by atoms with Gasteiger partial charge >= 0.3 is 0 Å². The van der Waals surface area contributed by atoms with Crippen LogP contribution in [0.4, 0.5) is 10.1 Å². The molecule has 0 unspecified atom stereocenters. The van der Waals surface area contributed by atoms with Crippen LogP contribution in [-0.2, 0) is 0 Å². The molecule has 0 aromatic heterocycles. The number of carbonyl (C=O) groups is 1. The van der Waals surface area contributed by atoms with E-state index < -0.39 is 11.7 Å². The number of aryl methyl sites for hydroxylation is 1. The lowest BCUT2D eigenvalue weighted by atomic mass is 10.2. The predicted octanol–water partition coefficient (Wildman–Crippen LogP) is 3.73. The van der Waals surface area contributed by atoms with Crippen molar-refractivity contribution in [2.45, 2.75) is 6.92 Å². The number of phenols is 1. The summed E-state index contributed by atoms with van der Waals surface area (Å²) in [5.74, 6) is -1.12. The largest absolute Gasteiger partial charge is 0.506 e. The van der Waals surface area contributed by atoms with Crippen LogP contribution in [0.3, 0.4) is 0 Å². The third kappa shape index (κ3) is 3.80. The molecule has 0 heterocycles. The fourth-order valence-corrected chi connectivity index (χ4v) is 2.56. The maximum atomic E-state index is 13.5. The van der Waals surface area contributed by atoms with E-state index in [1.807, 2.05) is 0 Å². The molecule has 0 radical (unpaired) electrons. The SMILES string of the molecule is Cc1cc(NC(=S)NC(=O)c2ccccc2F)cc(Br)c1O. The van der Waals surface area contributed by atoms with Crippen molar-refractivity contribution in [1.29, 1.82) is 0 Å². The molecule has 0 aliphatic carbocycles. The van der Waals surface area contributed by atoms with Crippen LogP contribution in [0.25, 0.3) is 0 Å². The van der Waals surface area contributed by atoms with Gasteiger partial charge in [-0.15, -0.1) is 0 Å². The Kier molecular flexibility index (Phi) is 5.10. The number of carbonyl (C=O) groups excluding carboxylic acids is 1. The number of aromatic hydroxyl groups is 1. The molecular formula is C15H12BrFN2O2S. The van der Waals surface area contributed by atoms with Gasteiger partial charge in [-0.2, -0.15) is 0 Å². The van der Waals surface area contributed by atoms with Crippen LogP contribution < -0.4 is 10.6 Å². The third-order valence-corrected chi connectivity index (χ3v) is 3.67. The first-order valence-corrected chi connectivity index (χ1v) is 7.44. The molecule has 0 atom stereocenters. The molecule has 2 aromatic rings. The molecule has 0 aliphatic heterocycles. The second-order valence-electron chi connectivity index (χ2n) is 4.51. The summed E-state index contributed by atoms with van der Waals surface area (Å²) in [5.41, 5.74) is 1.14. The number of phenolic OH excluding ortho intramolecular Hbond substituents is 1. The molecule has 1 amide bonds. The summed E-state index contributed by atoms with van der Waals surface area (Å²) in [6.45, 7) is 1.73. The summed E-state index contributed by atoms with van der Waals surface area (Å²) in [7, 11) is 0. The molecule has 3 N–H and O–H groups in total. The van der Waals surface area contributed by atoms with Gasteiger partial charge in [-0.25, -0.2) is 4.39 Å². The Labute approximate surface area is 140 Å². The van der Waals surface area contributed by atoms with E-state index in [0.717, 1.165) is 0 Å². The van der Waals surface area contributed by atoms with E-state index in [0.29, 0.717) is 15.7 Å². The lowest BCUT2D eigenvalue weighted by Gasteiger charge is -2.12. The van der Waals surface area contributed by atoms with E-state index >= 15 is 0 Å². The smallest absolute Gasteiger partial charge is 0.260 e. The number of anilines is 1. The highest BCUT2D eigenvalue weighted by atomic mass is 79.9. The lowest BCUT2D eigenvalue weighted by Crippen LogP contribution is -2.34. The normalized spacial score (nSPS) is 10.1. The van der Waals surface area contributed by atoms with Gasteiger partial charge in [0.05, 0.1) is 10.0 Å². The second-order valence-corrected chi connectivity index (χ2v) is 5.77. The molecule has 0 spiro atoms. The summed E-state index contributed by atoms with van der Waals surface area (Å²) in [5, 5.41) is 14.9. The van der Waals surface area contributed by atoms with Crippen LogP contribution in [0.1, 0.15) is 15.9 Å². The van der Waals surface area contributed by atoms with Crippen LogP contribution in [0.5, 0.6) is 5.75 Å². The van der Waals surface area contributed by atoms with Crippen LogP contribution in [0.15, 0.2) is 40.9 Å². The highest BCUT2D eigenvalue weighted by molar-refractivity contribution is 9.10. The monoisotopic (exact) mass is 382 g/mol. The Morgan fingerprint density at radius 3 is 2.64 bits per heavy atom. The van der Waals surface area contributed by atoms with Gasteiger partial charge in [0.2, 0.25) is 0 Å². The molecule has 2 aromatic carbocycles. The molecule has 0 aliphatic rings. The van der Waals surface area contributed by atoms with E-state index in [1.165, 1.54) is 18.2 Å². The van der Waals surface area contributed by atoms with E-state index in [4.69, 9.17) is 12.2 Å². The predicted molar refractivity (Wildman–Crippen MR) is 90.6 cm³/mol. The van der Waals surface area contributed by atoms with E-state index in [1.54, 1.807) is 25.1 Å². The molecule has 0 bridgehead atoms. The number of hydrogen-bond acceptors (Lipinski definition) is 3. The Morgan fingerprint density at radius 2 is 2.00 bits per heavy atom. The van der Waals surface area contributed by atoms with Crippen LogP contribution >= 0.6 is 28.1 Å². The van der Waals surface area contributed by atoms with E-state index in [9.17, 15) is 14.3 Å². The maximum absolute atomic E-state index is 13.5. The number of nitrogens with one attached hydrogen (secondary N) is 2. The lowest BCUT2D eigenvalue weighted by molar-refractivity contribution is 0.0974. The number of benzene rings is 2. The zero-order chi connectivity index (χ0) is 16.3. The zero-order valence-corrected chi connectivity index (χ0v) is 13.9. The molecular weight excluding hydrogens is 371 g/mol. The number of rotatable bonds is 2. The van der Waals surface area contributed by atoms with Gasteiger partial charge in [0.15, 0.2) is 5.11 Å². The molecule has 7 heteroatoms. The van der Waals surface area contributed by atoms with Crippen molar-refractivity contribution in [3.63, 3.8) is 0 Å². The zero-order valence-electron chi connectivity index (χ0n) is 11.5. The number of thiocarbonyl (C=S) groups is 1. The Balaban J connectivity index is 2.08. The van der Waals surface area contributed by atoms with Crippen LogP contribution in [0, 0.1) is 12.7 Å². The molecule has 0 saturated carbocycles. The van der Waals surface area contributed by atoms with Crippen molar-refractivity contribution in [1.82, 2.24) is 5.32 Å². The summed E-state index contributed by atoms with van der Waals surface area (Å²) in [6.07, 6.45) is 0. The van der Waals surface area contributed by atoms with Gasteiger partial charge in [-0.1, -0.05) is 12.1 Å². The molecule has 2 rings (SSSR count). The van der Waals surface area contributed by atoms with Gasteiger partial charge in [-0.3, -0.25) is 10.1 Å². The molecule has 4 nitrogen and oxygen atoms in total. The minimum atomic E-state index is -0.634. The Bertz CT molecular complexity index is 729. The first-order valence-electron chi connectivity index (χ1n) is 6.24. The fraction of sp³-hybridized carbons (Fsp3) is 0.0667. The van der Waals surface area contributed by atoms with E-state index in [-0.39, 0.29) is 16.4 Å². The van der Waals surface area contributed by atoms with Gasteiger partial charge in [0.25, 0.3) is 5.91 Å². The fourth-order valence-electron chi connectivity index (χ4n) is 1.79. The summed E-state index contributed by atoms with van der Waals surface area (Å²) >= 11 is 8.25. The van der Waals surface area contributed by atoms with Crippen molar-refractivity contribution < 1.29 is 14.3 Å². The summed E-state index contributed by atoms with van der Waals surface area (Å²) < 4.78 is 14.0. The molecule has 0 fully saturated rings.